The fourth-order valence-corrected chi connectivity index (χ4v) is 17.5. The molecular weight excluding hydrogens is 1260 g/mol. The molecule has 0 aliphatic heterocycles. The summed E-state index contributed by atoms with van der Waals surface area (Å²) in [6, 6.07) is 0. The lowest BCUT2D eigenvalue weighted by Crippen LogP contribution is -2.34. The number of allylic oxidation sites excluding steroid dienone is 2. The first-order valence-corrected chi connectivity index (χ1v) is 47.6. The van der Waals surface area contributed by atoms with Crippen LogP contribution in [0.25, 0.3) is 0 Å². The quantitative estimate of drug-likeness (QED) is 0.0345. The Labute approximate surface area is 648 Å². The second-order valence-electron chi connectivity index (χ2n) is 36.9. The zero-order valence-electron chi connectivity index (χ0n) is 72.6. The predicted molar refractivity (Wildman–Crippen MR) is 457 cm³/mol. The number of carbonyl (C=O) groups excluding carboxylic acids is 2. The fraction of sp³-hybridized carbons (Fsp3) is 0.959. The highest BCUT2D eigenvalue weighted by molar-refractivity contribution is 5.75. The van der Waals surface area contributed by atoms with E-state index in [0.29, 0.717) is 24.5 Å². The molecule has 612 valence electrons. The molecule has 0 saturated heterocycles. The molecule has 0 aromatic heterocycles. The standard InChI is InChI=1S/C98H190O5/c1-12-13-14-15-16-17-18-19-20-31-39-46-53-60-67-74-81-89(3)94(101-10)85-78-71-64-57-50-43-36-35-38-45-52-59-66-73-80-88(2)92-87-90(92)82-75-68-61-54-47-40-32-28-29-34-42-49-56-63-70-77-84-93(97(4,5)6)91(95(99)102-11)83-76-69-62-55-48-41-33-27-25-23-21-22-24-26-30-37-44-51-58-65-72-79-86-103-96(100)98(7,8)9/h28-29,88-94H,12-27,30-87H2,1-11H3/t88-,89-,90?,91+,92?,93+,94+/m0/s1. The molecule has 5 nitrogen and oxygen atoms in total. The zero-order chi connectivity index (χ0) is 75.1. The van der Waals surface area contributed by atoms with E-state index in [4.69, 9.17) is 14.2 Å². The predicted octanol–water partition coefficient (Wildman–Crippen LogP) is 33.6. The van der Waals surface area contributed by atoms with Gasteiger partial charge in [-0.3, -0.25) is 9.59 Å². The third-order valence-corrected chi connectivity index (χ3v) is 24.9. The summed E-state index contributed by atoms with van der Waals surface area (Å²) in [5.74, 6) is 4.17. The van der Waals surface area contributed by atoms with Gasteiger partial charge in [0.25, 0.3) is 0 Å². The molecule has 0 spiro atoms. The minimum absolute atomic E-state index is 0.0319. The van der Waals surface area contributed by atoms with Crippen LogP contribution in [0.4, 0.5) is 0 Å². The minimum atomic E-state index is -0.387. The summed E-state index contributed by atoms with van der Waals surface area (Å²) in [5.41, 5.74) is -0.276. The molecule has 0 amide bonds. The van der Waals surface area contributed by atoms with Crippen LogP contribution in [-0.2, 0) is 23.8 Å². The van der Waals surface area contributed by atoms with Crippen LogP contribution in [-0.4, -0.2) is 38.9 Å². The summed E-state index contributed by atoms with van der Waals surface area (Å²) in [7, 11) is 3.56. The van der Waals surface area contributed by atoms with Crippen LogP contribution in [0.2, 0.25) is 0 Å². The highest BCUT2D eigenvalue weighted by Crippen LogP contribution is 2.49. The van der Waals surface area contributed by atoms with Crippen LogP contribution in [0.1, 0.15) is 531 Å². The number of carbonyl (C=O) groups is 2. The number of hydrogen-bond acceptors (Lipinski definition) is 5. The SMILES string of the molecule is CCCCCCCCCCCCCCCCCC[C@H](C)[C@@H](CCCCCCCCCCCCCCCC[C@H](C)C1CC1CCCCCCCCC=CCCCCCCCC[C@H]([C@@H](CCCCCCCCCCCCCCCCCCCCCCCCOC(=O)C(C)(C)C)C(=O)OC)C(C)(C)C)OC. The van der Waals surface area contributed by atoms with Crippen molar-refractivity contribution in [3.05, 3.63) is 12.2 Å². The molecule has 0 heterocycles. The Hall–Kier alpha value is -1.36. The number of hydrogen-bond donors (Lipinski definition) is 0. The van der Waals surface area contributed by atoms with E-state index >= 15 is 0 Å². The van der Waals surface area contributed by atoms with Crippen LogP contribution < -0.4 is 0 Å². The summed E-state index contributed by atoms with van der Waals surface area (Å²) < 4.78 is 16.8. The van der Waals surface area contributed by atoms with E-state index in [2.05, 4.69) is 53.7 Å². The topological polar surface area (TPSA) is 61.8 Å². The van der Waals surface area contributed by atoms with E-state index in [1.54, 1.807) is 7.11 Å². The van der Waals surface area contributed by atoms with Crippen molar-refractivity contribution in [1.29, 1.82) is 0 Å². The first-order chi connectivity index (χ1) is 50.2. The maximum Gasteiger partial charge on any atom is 0.311 e. The number of ether oxygens (including phenoxy) is 3. The molecular formula is C98H190O5. The van der Waals surface area contributed by atoms with E-state index in [0.717, 1.165) is 43.4 Å². The smallest absolute Gasteiger partial charge is 0.311 e. The molecule has 0 radical (unpaired) electrons. The number of rotatable bonds is 82. The van der Waals surface area contributed by atoms with Gasteiger partial charge in [-0.2, -0.15) is 0 Å². The molecule has 1 aliphatic rings. The first kappa shape index (κ1) is 99.6. The molecule has 0 bridgehead atoms. The fourth-order valence-electron chi connectivity index (χ4n) is 17.5. The van der Waals surface area contributed by atoms with Crippen molar-refractivity contribution in [1.82, 2.24) is 0 Å². The van der Waals surface area contributed by atoms with Crippen LogP contribution in [0, 0.1) is 46.3 Å². The molecule has 1 fully saturated rings. The van der Waals surface area contributed by atoms with Gasteiger partial charge in [0.2, 0.25) is 0 Å². The van der Waals surface area contributed by atoms with Crippen molar-refractivity contribution in [3.8, 4) is 0 Å². The Balaban J connectivity index is 1.89. The van der Waals surface area contributed by atoms with Crippen molar-refractivity contribution in [2.24, 2.45) is 46.3 Å². The maximum absolute atomic E-state index is 13.2. The van der Waals surface area contributed by atoms with Crippen molar-refractivity contribution in [2.45, 2.75) is 537 Å². The zero-order valence-corrected chi connectivity index (χ0v) is 72.6. The number of esters is 2. The van der Waals surface area contributed by atoms with Gasteiger partial charge in [0.15, 0.2) is 0 Å². The lowest BCUT2D eigenvalue weighted by atomic mass is 9.69. The average Bonchev–Trinajstić information content (AvgIpc) is 1.76. The molecule has 0 aromatic carbocycles. The van der Waals surface area contributed by atoms with Crippen LogP contribution in [0.5, 0.6) is 0 Å². The molecule has 5 heteroatoms. The molecule has 2 unspecified atom stereocenters. The largest absolute Gasteiger partial charge is 0.469 e. The molecule has 7 atom stereocenters. The molecule has 0 aromatic rings. The van der Waals surface area contributed by atoms with E-state index in [9.17, 15) is 9.59 Å². The van der Waals surface area contributed by atoms with Crippen LogP contribution in [0.3, 0.4) is 0 Å². The lowest BCUT2D eigenvalue weighted by Gasteiger charge is -2.36. The van der Waals surface area contributed by atoms with E-state index in [-0.39, 0.29) is 28.7 Å². The molecule has 1 aliphatic carbocycles. The second kappa shape index (κ2) is 73.4. The van der Waals surface area contributed by atoms with Crippen molar-refractivity contribution in [2.75, 3.05) is 20.8 Å². The summed E-state index contributed by atoms with van der Waals surface area (Å²) in [6.07, 6.45) is 107. The van der Waals surface area contributed by atoms with Gasteiger partial charge < -0.3 is 14.2 Å². The van der Waals surface area contributed by atoms with E-state index in [1.807, 2.05) is 27.9 Å². The lowest BCUT2D eigenvalue weighted by molar-refractivity contribution is -0.153. The molecule has 103 heavy (non-hydrogen) atoms. The van der Waals surface area contributed by atoms with Crippen molar-refractivity contribution < 1.29 is 23.8 Å². The Bertz CT molecular complexity index is 1770. The normalized spacial score (nSPS) is 15.7. The van der Waals surface area contributed by atoms with Crippen LogP contribution in [0.15, 0.2) is 12.2 Å². The Kier molecular flexibility index (Phi) is 71.1. The Morgan fingerprint density at radius 3 is 1.00 bits per heavy atom. The highest BCUT2D eigenvalue weighted by atomic mass is 16.5. The molecule has 1 rings (SSSR count). The van der Waals surface area contributed by atoms with Gasteiger partial charge in [0.05, 0.1) is 31.2 Å². The van der Waals surface area contributed by atoms with Gasteiger partial charge in [-0.25, -0.2) is 0 Å². The third kappa shape index (κ3) is 65.1. The van der Waals surface area contributed by atoms with Crippen LogP contribution >= 0.6 is 0 Å². The molecule has 1 saturated carbocycles. The van der Waals surface area contributed by atoms with Gasteiger partial charge in [0, 0.05) is 7.11 Å². The Morgan fingerprint density at radius 2 is 0.660 bits per heavy atom. The van der Waals surface area contributed by atoms with E-state index in [1.165, 1.54) is 443 Å². The second-order valence-corrected chi connectivity index (χ2v) is 36.9. The Morgan fingerprint density at radius 1 is 0.359 bits per heavy atom. The van der Waals surface area contributed by atoms with Gasteiger partial charge in [-0.15, -0.1) is 0 Å². The van der Waals surface area contributed by atoms with E-state index < -0.39 is 0 Å². The maximum atomic E-state index is 13.2. The summed E-state index contributed by atoms with van der Waals surface area (Å²) in [5, 5.41) is 0. The van der Waals surface area contributed by atoms with Crippen molar-refractivity contribution in [3.63, 3.8) is 0 Å². The molecule has 0 N–H and O–H groups in total. The third-order valence-electron chi connectivity index (χ3n) is 24.9. The van der Waals surface area contributed by atoms with Gasteiger partial charge in [-0.05, 0) is 120 Å². The number of unbranched alkanes of at least 4 members (excludes halogenated alkanes) is 61. The van der Waals surface area contributed by atoms with Gasteiger partial charge in [0.1, 0.15) is 0 Å². The van der Waals surface area contributed by atoms with Crippen molar-refractivity contribution >= 4 is 11.9 Å². The number of methoxy groups -OCH3 is 2. The summed E-state index contributed by atoms with van der Waals surface area (Å²) in [6.45, 7) is 20.7. The average molecular weight is 1450 g/mol. The highest BCUT2D eigenvalue weighted by Gasteiger charge is 2.40. The van der Waals surface area contributed by atoms with Gasteiger partial charge >= 0.3 is 11.9 Å². The monoisotopic (exact) mass is 1450 g/mol. The summed E-state index contributed by atoms with van der Waals surface area (Å²) >= 11 is 0. The summed E-state index contributed by atoms with van der Waals surface area (Å²) in [4.78, 5) is 25.0. The minimum Gasteiger partial charge on any atom is -0.469 e. The van der Waals surface area contributed by atoms with Gasteiger partial charge in [-0.1, -0.05) is 458 Å². The first-order valence-electron chi connectivity index (χ1n) is 47.6.